The maximum absolute atomic E-state index is 11.9. The minimum absolute atomic E-state index is 0.0486. The van der Waals surface area contributed by atoms with Crippen LogP contribution in [0.5, 0.6) is 0 Å². The van der Waals surface area contributed by atoms with Crippen molar-refractivity contribution in [3.05, 3.63) is 29.8 Å². The molecule has 17 heavy (non-hydrogen) atoms. The molecule has 4 nitrogen and oxygen atoms in total. The topological polar surface area (TPSA) is 70.1 Å². The van der Waals surface area contributed by atoms with Gasteiger partial charge in [-0.2, -0.15) is 5.26 Å². The van der Waals surface area contributed by atoms with Gasteiger partial charge in [-0.05, 0) is 24.6 Å². The molecule has 0 heterocycles. The van der Waals surface area contributed by atoms with Gasteiger partial charge in [0.1, 0.15) is 0 Å². The van der Waals surface area contributed by atoms with E-state index in [1.807, 2.05) is 25.1 Å². The zero-order valence-electron chi connectivity index (χ0n) is 10.0. The van der Waals surface area contributed by atoms with E-state index in [9.17, 15) is 4.79 Å². The molecule has 1 rings (SSSR count). The average molecular weight is 231 g/mol. The van der Waals surface area contributed by atoms with Gasteiger partial charge in [-0.1, -0.05) is 12.1 Å². The van der Waals surface area contributed by atoms with Crippen LogP contribution in [0.4, 0.5) is 5.69 Å². The second-order valence-electron chi connectivity index (χ2n) is 3.80. The van der Waals surface area contributed by atoms with Gasteiger partial charge in [0, 0.05) is 18.8 Å². The Kier molecular flexibility index (Phi) is 5.02. The minimum atomic E-state index is 0.0486. The number of carbonyl (C=O) groups excluding carboxylic acids is 1. The molecule has 0 aromatic heterocycles. The lowest BCUT2D eigenvalue weighted by atomic mass is 10.1. The van der Waals surface area contributed by atoms with Gasteiger partial charge in [0.15, 0.2) is 0 Å². The molecule has 4 heteroatoms. The van der Waals surface area contributed by atoms with Crippen LogP contribution >= 0.6 is 0 Å². The fourth-order valence-corrected chi connectivity index (χ4v) is 1.57. The maximum atomic E-state index is 11.9. The van der Waals surface area contributed by atoms with E-state index in [0.717, 1.165) is 5.56 Å². The van der Waals surface area contributed by atoms with Crippen LogP contribution in [0.1, 0.15) is 18.9 Å². The summed E-state index contributed by atoms with van der Waals surface area (Å²) in [4.78, 5) is 13.6. The third-order valence-electron chi connectivity index (χ3n) is 2.56. The van der Waals surface area contributed by atoms with Crippen molar-refractivity contribution in [2.24, 2.45) is 0 Å². The fourth-order valence-electron chi connectivity index (χ4n) is 1.57. The number of nitriles is 1. The Balaban J connectivity index is 2.58. The normalized spacial score (nSPS) is 9.65. The SMILES string of the molecule is CCN(CCC#N)C(=O)Cc1ccc(N)cc1. The molecule has 0 bridgehead atoms. The molecule has 0 spiro atoms. The second-order valence-corrected chi connectivity index (χ2v) is 3.80. The zero-order chi connectivity index (χ0) is 12.7. The molecule has 0 atom stereocenters. The Labute approximate surface area is 102 Å². The first kappa shape index (κ1) is 13.0. The van der Waals surface area contributed by atoms with Gasteiger partial charge < -0.3 is 10.6 Å². The number of hydrogen-bond acceptors (Lipinski definition) is 3. The third kappa shape index (κ3) is 4.15. The molecule has 0 saturated carbocycles. The van der Waals surface area contributed by atoms with E-state index in [0.29, 0.717) is 31.6 Å². The van der Waals surface area contributed by atoms with E-state index in [1.54, 1.807) is 17.0 Å². The summed E-state index contributed by atoms with van der Waals surface area (Å²) in [5, 5.41) is 8.51. The van der Waals surface area contributed by atoms with Gasteiger partial charge in [0.2, 0.25) is 5.91 Å². The maximum Gasteiger partial charge on any atom is 0.227 e. The summed E-state index contributed by atoms with van der Waals surface area (Å²) < 4.78 is 0. The molecule has 1 aromatic carbocycles. The van der Waals surface area contributed by atoms with Crippen molar-refractivity contribution in [1.82, 2.24) is 4.90 Å². The standard InChI is InChI=1S/C13H17N3O/c1-2-16(9-3-8-14)13(17)10-11-4-6-12(15)7-5-11/h4-7H,2-3,9-10,15H2,1H3. The Morgan fingerprint density at radius 2 is 2.06 bits per heavy atom. The Hall–Kier alpha value is -2.02. The first-order chi connectivity index (χ1) is 8.17. The molecule has 90 valence electrons. The minimum Gasteiger partial charge on any atom is -0.399 e. The Morgan fingerprint density at radius 3 is 2.59 bits per heavy atom. The highest BCUT2D eigenvalue weighted by Crippen LogP contribution is 2.07. The highest BCUT2D eigenvalue weighted by molar-refractivity contribution is 5.78. The van der Waals surface area contributed by atoms with Crippen molar-refractivity contribution in [3.8, 4) is 6.07 Å². The number of hydrogen-bond donors (Lipinski definition) is 1. The van der Waals surface area contributed by atoms with Crippen molar-refractivity contribution in [2.45, 2.75) is 19.8 Å². The summed E-state index contributed by atoms with van der Waals surface area (Å²) in [5.74, 6) is 0.0486. The highest BCUT2D eigenvalue weighted by Gasteiger charge is 2.11. The van der Waals surface area contributed by atoms with E-state index in [2.05, 4.69) is 0 Å². The van der Waals surface area contributed by atoms with Gasteiger partial charge >= 0.3 is 0 Å². The molecule has 0 fully saturated rings. The van der Waals surface area contributed by atoms with E-state index < -0.39 is 0 Å². The van der Waals surface area contributed by atoms with E-state index in [4.69, 9.17) is 11.0 Å². The number of nitrogens with two attached hydrogens (primary N) is 1. The zero-order valence-corrected chi connectivity index (χ0v) is 10.0. The summed E-state index contributed by atoms with van der Waals surface area (Å²) in [6, 6.07) is 9.33. The molecule has 1 amide bonds. The molecule has 0 saturated heterocycles. The largest absolute Gasteiger partial charge is 0.399 e. The third-order valence-corrected chi connectivity index (χ3v) is 2.56. The van der Waals surface area contributed by atoms with E-state index >= 15 is 0 Å². The smallest absolute Gasteiger partial charge is 0.227 e. The van der Waals surface area contributed by atoms with Crippen LogP contribution in [0.25, 0.3) is 0 Å². The Bertz CT molecular complexity index is 406. The highest BCUT2D eigenvalue weighted by atomic mass is 16.2. The van der Waals surface area contributed by atoms with Crippen LogP contribution in [-0.4, -0.2) is 23.9 Å². The lowest BCUT2D eigenvalue weighted by molar-refractivity contribution is -0.130. The molecule has 0 aliphatic heterocycles. The summed E-state index contributed by atoms with van der Waals surface area (Å²) >= 11 is 0. The van der Waals surface area contributed by atoms with Gasteiger partial charge in [-0.15, -0.1) is 0 Å². The van der Waals surface area contributed by atoms with Crippen LogP contribution in [0, 0.1) is 11.3 Å². The average Bonchev–Trinajstić information content (AvgIpc) is 2.33. The summed E-state index contributed by atoms with van der Waals surface area (Å²) in [6.45, 7) is 3.05. The first-order valence-electron chi connectivity index (χ1n) is 5.66. The predicted octanol–water partition coefficient (Wildman–Crippen LogP) is 1.57. The molecule has 2 N–H and O–H groups in total. The van der Waals surface area contributed by atoms with Crippen LogP contribution in [-0.2, 0) is 11.2 Å². The number of rotatable bonds is 5. The predicted molar refractivity (Wildman–Crippen MR) is 67.0 cm³/mol. The van der Waals surface area contributed by atoms with E-state index in [-0.39, 0.29) is 5.91 Å². The van der Waals surface area contributed by atoms with Crippen molar-refractivity contribution in [3.63, 3.8) is 0 Å². The van der Waals surface area contributed by atoms with Gasteiger partial charge in [-0.25, -0.2) is 0 Å². The fraction of sp³-hybridized carbons (Fsp3) is 0.385. The van der Waals surface area contributed by atoms with E-state index in [1.165, 1.54) is 0 Å². The van der Waals surface area contributed by atoms with Crippen molar-refractivity contribution >= 4 is 11.6 Å². The quantitative estimate of drug-likeness (QED) is 0.782. The lowest BCUT2D eigenvalue weighted by Gasteiger charge is -2.19. The van der Waals surface area contributed by atoms with Crippen molar-refractivity contribution in [2.75, 3.05) is 18.8 Å². The number of likely N-dealkylation sites (N-methyl/N-ethyl adjacent to an activating group) is 1. The Morgan fingerprint density at radius 1 is 1.41 bits per heavy atom. The van der Waals surface area contributed by atoms with Gasteiger partial charge in [0.05, 0.1) is 18.9 Å². The summed E-state index contributed by atoms with van der Waals surface area (Å²) in [6.07, 6.45) is 0.737. The van der Waals surface area contributed by atoms with Crippen molar-refractivity contribution in [1.29, 1.82) is 5.26 Å². The number of amides is 1. The molecular weight excluding hydrogens is 214 g/mol. The number of carbonyl (C=O) groups is 1. The molecule has 0 radical (unpaired) electrons. The van der Waals surface area contributed by atoms with Crippen LogP contribution in [0.15, 0.2) is 24.3 Å². The number of nitrogen functional groups attached to an aromatic ring is 1. The van der Waals surface area contributed by atoms with Crippen molar-refractivity contribution < 1.29 is 4.79 Å². The van der Waals surface area contributed by atoms with Gasteiger partial charge in [0.25, 0.3) is 0 Å². The number of benzene rings is 1. The van der Waals surface area contributed by atoms with Crippen LogP contribution in [0.2, 0.25) is 0 Å². The van der Waals surface area contributed by atoms with Crippen LogP contribution in [0.3, 0.4) is 0 Å². The number of nitrogens with zero attached hydrogens (tertiary/aromatic N) is 2. The number of anilines is 1. The molecule has 0 aliphatic rings. The monoisotopic (exact) mass is 231 g/mol. The molecular formula is C13H17N3O. The lowest BCUT2D eigenvalue weighted by Crippen LogP contribution is -2.32. The first-order valence-corrected chi connectivity index (χ1v) is 5.66. The molecule has 0 unspecified atom stereocenters. The second kappa shape index (κ2) is 6.54. The van der Waals surface area contributed by atoms with Crippen LogP contribution < -0.4 is 5.73 Å². The summed E-state index contributed by atoms with van der Waals surface area (Å²) in [7, 11) is 0. The molecule has 1 aromatic rings. The van der Waals surface area contributed by atoms with Gasteiger partial charge in [-0.3, -0.25) is 4.79 Å². The molecule has 0 aliphatic carbocycles. The summed E-state index contributed by atoms with van der Waals surface area (Å²) in [5.41, 5.74) is 7.21.